The minimum absolute atomic E-state index is 0.180. The van der Waals surface area contributed by atoms with E-state index in [4.69, 9.17) is 5.73 Å². The van der Waals surface area contributed by atoms with Gasteiger partial charge in [-0.05, 0) is 28.8 Å². The van der Waals surface area contributed by atoms with Crippen molar-refractivity contribution in [2.24, 2.45) is 0 Å². The van der Waals surface area contributed by atoms with Crippen LogP contribution in [0.5, 0.6) is 0 Å². The molecule has 3 heteroatoms. The largest absolute Gasteiger partial charge is 0.545 e. The van der Waals surface area contributed by atoms with Crippen LogP contribution in [0, 0.1) is 0 Å². The lowest BCUT2D eigenvalue weighted by Gasteiger charge is -2.05. The highest BCUT2D eigenvalue weighted by Gasteiger charge is 1.98. The third-order valence-electron chi connectivity index (χ3n) is 2.36. The summed E-state index contributed by atoms with van der Waals surface area (Å²) in [4.78, 5) is 10.6. The van der Waals surface area contributed by atoms with Crippen molar-refractivity contribution >= 4 is 11.7 Å². The smallest absolute Gasteiger partial charge is 0.0715 e. The predicted octanol–water partition coefficient (Wildman–Crippen LogP) is 1.30. The Morgan fingerprint density at radius 3 is 1.75 bits per heavy atom. The molecule has 0 unspecified atom stereocenters. The van der Waals surface area contributed by atoms with Crippen LogP contribution in [-0.2, 0) is 0 Å². The third kappa shape index (κ3) is 2.03. The average Bonchev–Trinajstić information content (AvgIpc) is 2.30. The van der Waals surface area contributed by atoms with E-state index in [0.717, 1.165) is 11.1 Å². The number of carbonyl (C=O) groups is 1. The van der Waals surface area contributed by atoms with Crippen LogP contribution in [0.3, 0.4) is 0 Å². The molecule has 2 aromatic rings. The van der Waals surface area contributed by atoms with E-state index in [2.05, 4.69) is 0 Å². The number of carbonyl (C=O) groups excluding carboxylic acids is 1. The maximum atomic E-state index is 10.6. The van der Waals surface area contributed by atoms with Gasteiger partial charge in [0.1, 0.15) is 0 Å². The van der Waals surface area contributed by atoms with Crippen LogP contribution in [-0.4, -0.2) is 5.97 Å². The molecule has 0 aliphatic carbocycles. The highest BCUT2D eigenvalue weighted by atomic mass is 16.4. The molecule has 0 aromatic heterocycles. The first-order chi connectivity index (χ1) is 7.66. The Labute approximate surface area is 93.1 Å². The van der Waals surface area contributed by atoms with E-state index < -0.39 is 5.97 Å². The molecule has 80 valence electrons. The molecule has 0 fully saturated rings. The highest BCUT2D eigenvalue weighted by Crippen LogP contribution is 2.20. The zero-order chi connectivity index (χ0) is 11.5. The minimum Gasteiger partial charge on any atom is -0.545 e. The van der Waals surface area contributed by atoms with Crippen molar-refractivity contribution in [2.75, 3.05) is 5.73 Å². The zero-order valence-electron chi connectivity index (χ0n) is 8.51. The molecule has 2 rings (SSSR count). The number of nitrogen functional groups attached to an aromatic ring is 1. The van der Waals surface area contributed by atoms with Gasteiger partial charge in [0.2, 0.25) is 0 Å². The van der Waals surface area contributed by atoms with Crippen molar-refractivity contribution in [1.82, 2.24) is 0 Å². The van der Waals surface area contributed by atoms with Gasteiger partial charge in [0.25, 0.3) is 0 Å². The van der Waals surface area contributed by atoms with E-state index in [1.54, 1.807) is 12.1 Å². The van der Waals surface area contributed by atoms with Crippen molar-refractivity contribution < 1.29 is 9.90 Å². The Balaban J connectivity index is 2.34. The summed E-state index contributed by atoms with van der Waals surface area (Å²) in [7, 11) is 0. The number of benzene rings is 2. The molecule has 0 spiro atoms. The van der Waals surface area contributed by atoms with E-state index in [0.29, 0.717) is 5.69 Å². The second kappa shape index (κ2) is 4.06. The first-order valence-electron chi connectivity index (χ1n) is 4.84. The molecule has 0 bridgehead atoms. The average molecular weight is 212 g/mol. The van der Waals surface area contributed by atoms with E-state index in [9.17, 15) is 9.90 Å². The lowest BCUT2D eigenvalue weighted by atomic mass is 10.0. The predicted molar refractivity (Wildman–Crippen MR) is 60.6 cm³/mol. The molecule has 0 radical (unpaired) electrons. The van der Waals surface area contributed by atoms with Crippen molar-refractivity contribution in [3.8, 4) is 11.1 Å². The molecule has 16 heavy (non-hydrogen) atoms. The number of rotatable bonds is 2. The van der Waals surface area contributed by atoms with Crippen LogP contribution in [0.15, 0.2) is 48.5 Å². The molecule has 3 nitrogen and oxygen atoms in total. The molecule has 0 saturated heterocycles. The van der Waals surface area contributed by atoms with Gasteiger partial charge in [0.05, 0.1) is 5.97 Å². The summed E-state index contributed by atoms with van der Waals surface area (Å²) in [5.41, 5.74) is 8.41. The monoisotopic (exact) mass is 212 g/mol. The molecule has 0 atom stereocenters. The molecule has 0 aliphatic heterocycles. The molecule has 2 aromatic carbocycles. The van der Waals surface area contributed by atoms with E-state index >= 15 is 0 Å². The topological polar surface area (TPSA) is 66.2 Å². The minimum atomic E-state index is -1.16. The van der Waals surface area contributed by atoms with Gasteiger partial charge < -0.3 is 15.6 Å². The fourth-order valence-corrected chi connectivity index (χ4v) is 1.47. The van der Waals surface area contributed by atoms with Crippen LogP contribution in [0.4, 0.5) is 5.69 Å². The standard InChI is InChI=1S/C13H11NO2/c14-12-7-5-10(6-8-12)9-1-3-11(4-2-9)13(15)16/h1-8H,14H2,(H,15,16)/p-1. The van der Waals surface area contributed by atoms with Crippen molar-refractivity contribution in [1.29, 1.82) is 0 Å². The van der Waals surface area contributed by atoms with Crippen LogP contribution in [0.25, 0.3) is 11.1 Å². The molecule has 0 saturated carbocycles. The summed E-state index contributed by atoms with van der Waals surface area (Å²) < 4.78 is 0. The number of hydrogen-bond acceptors (Lipinski definition) is 3. The fraction of sp³-hybridized carbons (Fsp3) is 0. The number of carboxylic acids is 1. The van der Waals surface area contributed by atoms with E-state index in [1.165, 1.54) is 12.1 Å². The van der Waals surface area contributed by atoms with Gasteiger partial charge in [-0.1, -0.05) is 36.4 Å². The van der Waals surface area contributed by atoms with Gasteiger partial charge in [0.15, 0.2) is 0 Å². The summed E-state index contributed by atoms with van der Waals surface area (Å²) in [5.74, 6) is -1.16. The van der Waals surface area contributed by atoms with Crippen LogP contribution < -0.4 is 10.8 Å². The third-order valence-corrected chi connectivity index (χ3v) is 2.36. The lowest BCUT2D eigenvalue weighted by molar-refractivity contribution is -0.255. The number of carboxylic acid groups (broad SMARTS) is 1. The Morgan fingerprint density at radius 2 is 1.31 bits per heavy atom. The molecule has 0 heterocycles. The molecular weight excluding hydrogens is 202 g/mol. The van der Waals surface area contributed by atoms with Gasteiger partial charge in [-0.3, -0.25) is 0 Å². The molecule has 0 amide bonds. The van der Waals surface area contributed by atoms with Crippen molar-refractivity contribution in [2.45, 2.75) is 0 Å². The second-order valence-corrected chi connectivity index (χ2v) is 3.49. The van der Waals surface area contributed by atoms with Crippen LogP contribution in [0.2, 0.25) is 0 Å². The summed E-state index contributed by atoms with van der Waals surface area (Å²) in [6.07, 6.45) is 0. The first kappa shape index (κ1) is 10.2. The Kier molecular flexibility index (Phi) is 2.60. The summed E-state index contributed by atoms with van der Waals surface area (Å²) in [5, 5.41) is 10.6. The number of aromatic carboxylic acids is 1. The van der Waals surface area contributed by atoms with Gasteiger partial charge in [-0.15, -0.1) is 0 Å². The molecular formula is C13H10NO2-. The summed E-state index contributed by atoms with van der Waals surface area (Å²) in [6.45, 7) is 0. The zero-order valence-corrected chi connectivity index (χ0v) is 8.51. The second-order valence-electron chi connectivity index (χ2n) is 3.49. The van der Waals surface area contributed by atoms with Gasteiger partial charge >= 0.3 is 0 Å². The lowest BCUT2D eigenvalue weighted by Crippen LogP contribution is -2.21. The Hall–Kier alpha value is -2.29. The maximum absolute atomic E-state index is 10.6. The molecule has 2 N–H and O–H groups in total. The van der Waals surface area contributed by atoms with Crippen LogP contribution >= 0.6 is 0 Å². The fourth-order valence-electron chi connectivity index (χ4n) is 1.47. The summed E-state index contributed by atoms with van der Waals surface area (Å²) >= 11 is 0. The maximum Gasteiger partial charge on any atom is 0.0715 e. The van der Waals surface area contributed by atoms with E-state index in [1.807, 2.05) is 24.3 Å². The van der Waals surface area contributed by atoms with E-state index in [-0.39, 0.29) is 5.56 Å². The highest BCUT2D eigenvalue weighted by molar-refractivity contribution is 5.86. The SMILES string of the molecule is Nc1ccc(-c2ccc(C(=O)[O-])cc2)cc1. The van der Waals surface area contributed by atoms with Crippen molar-refractivity contribution in [3.63, 3.8) is 0 Å². The van der Waals surface area contributed by atoms with Crippen molar-refractivity contribution in [3.05, 3.63) is 54.1 Å². The number of hydrogen-bond donors (Lipinski definition) is 1. The van der Waals surface area contributed by atoms with Gasteiger partial charge in [-0.2, -0.15) is 0 Å². The first-order valence-corrected chi connectivity index (χ1v) is 4.84. The molecule has 0 aliphatic rings. The quantitative estimate of drug-likeness (QED) is 0.763. The Morgan fingerprint density at radius 1 is 0.875 bits per heavy atom. The summed E-state index contributed by atoms with van der Waals surface area (Å²) in [6, 6.07) is 14.0. The number of nitrogens with two attached hydrogens (primary N) is 1. The normalized spacial score (nSPS) is 10.0. The van der Waals surface area contributed by atoms with Gasteiger partial charge in [-0.25, -0.2) is 0 Å². The number of anilines is 1. The van der Waals surface area contributed by atoms with Gasteiger partial charge in [0, 0.05) is 5.69 Å². The van der Waals surface area contributed by atoms with Crippen LogP contribution in [0.1, 0.15) is 10.4 Å². The Bertz CT molecular complexity index is 500.